The van der Waals surface area contributed by atoms with Gasteiger partial charge in [-0.1, -0.05) is 41.4 Å². The maximum Gasteiger partial charge on any atom is 0.226 e. The summed E-state index contributed by atoms with van der Waals surface area (Å²) in [7, 11) is 0. The largest absolute Gasteiger partial charge is 0.494 e. The molecular formula is C17H16Cl2N2O2S. The van der Waals surface area contributed by atoms with E-state index in [1.165, 1.54) is 0 Å². The molecule has 2 aromatic rings. The first kappa shape index (κ1) is 18.5. The van der Waals surface area contributed by atoms with Crippen molar-refractivity contribution in [1.82, 2.24) is 5.32 Å². The Labute approximate surface area is 156 Å². The van der Waals surface area contributed by atoms with Crippen molar-refractivity contribution in [3.63, 3.8) is 0 Å². The van der Waals surface area contributed by atoms with Crippen LogP contribution in [0.15, 0.2) is 48.5 Å². The second-order valence-electron chi connectivity index (χ2n) is 4.90. The van der Waals surface area contributed by atoms with Crippen LogP contribution in [0.1, 0.15) is 12.8 Å². The molecule has 0 atom stereocenters. The lowest BCUT2D eigenvalue weighted by atomic mass is 10.3. The molecule has 1 amide bonds. The molecule has 0 radical (unpaired) electrons. The standard InChI is InChI=1S/C17H16Cl2N2O2S/c18-14-9-8-12(11-15(14)19)20-17(24)21-16(22)7-4-10-23-13-5-2-1-3-6-13/h1-3,5-6,8-9,11H,4,7,10H2,(H2,20,21,22,24). The van der Waals surface area contributed by atoms with Crippen LogP contribution in [0.25, 0.3) is 0 Å². The summed E-state index contributed by atoms with van der Waals surface area (Å²) < 4.78 is 5.53. The van der Waals surface area contributed by atoms with Gasteiger partial charge < -0.3 is 15.4 Å². The van der Waals surface area contributed by atoms with Crippen LogP contribution in [0.2, 0.25) is 10.0 Å². The van der Waals surface area contributed by atoms with Crippen molar-refractivity contribution < 1.29 is 9.53 Å². The normalized spacial score (nSPS) is 10.1. The zero-order valence-electron chi connectivity index (χ0n) is 12.7. The predicted octanol–water partition coefficient (Wildman–Crippen LogP) is 4.67. The molecule has 0 heterocycles. The van der Waals surface area contributed by atoms with E-state index in [1.807, 2.05) is 30.3 Å². The van der Waals surface area contributed by atoms with E-state index in [0.717, 1.165) is 5.75 Å². The smallest absolute Gasteiger partial charge is 0.226 e. The molecule has 7 heteroatoms. The van der Waals surface area contributed by atoms with E-state index in [-0.39, 0.29) is 11.0 Å². The van der Waals surface area contributed by atoms with Crippen molar-refractivity contribution in [3.8, 4) is 5.75 Å². The molecular weight excluding hydrogens is 367 g/mol. The van der Waals surface area contributed by atoms with Gasteiger partial charge in [0.05, 0.1) is 16.7 Å². The summed E-state index contributed by atoms with van der Waals surface area (Å²) in [5.74, 6) is 0.610. The number of rotatable bonds is 6. The summed E-state index contributed by atoms with van der Waals surface area (Å²) in [5, 5.41) is 6.57. The Morgan fingerprint density at radius 3 is 2.54 bits per heavy atom. The molecule has 0 unspecified atom stereocenters. The van der Waals surface area contributed by atoms with Gasteiger partial charge in [-0.15, -0.1) is 0 Å². The summed E-state index contributed by atoms with van der Waals surface area (Å²) in [6, 6.07) is 14.5. The molecule has 2 aromatic carbocycles. The van der Waals surface area contributed by atoms with Crippen LogP contribution in [0, 0.1) is 0 Å². The number of carbonyl (C=O) groups is 1. The van der Waals surface area contributed by atoms with Crippen molar-refractivity contribution >= 4 is 52.1 Å². The van der Waals surface area contributed by atoms with E-state index >= 15 is 0 Å². The Kier molecular flexibility index (Phi) is 7.31. The highest BCUT2D eigenvalue weighted by Crippen LogP contribution is 2.24. The lowest BCUT2D eigenvalue weighted by Crippen LogP contribution is -2.34. The van der Waals surface area contributed by atoms with Crippen LogP contribution >= 0.6 is 35.4 Å². The summed E-state index contributed by atoms with van der Waals surface area (Å²) >= 11 is 16.9. The SMILES string of the molecule is O=C(CCCOc1ccccc1)NC(=S)Nc1ccc(Cl)c(Cl)c1. The fraction of sp³-hybridized carbons (Fsp3) is 0.176. The molecule has 2 N–H and O–H groups in total. The number of anilines is 1. The number of halogens is 2. The van der Waals surface area contributed by atoms with Gasteiger partial charge in [0.25, 0.3) is 0 Å². The summed E-state index contributed by atoms with van der Waals surface area (Å²) in [5.41, 5.74) is 0.655. The van der Waals surface area contributed by atoms with Gasteiger partial charge in [-0.3, -0.25) is 4.79 Å². The summed E-state index contributed by atoms with van der Waals surface area (Å²) in [6.07, 6.45) is 0.909. The second-order valence-corrected chi connectivity index (χ2v) is 6.12. The number of nitrogens with one attached hydrogen (secondary N) is 2. The Hall–Kier alpha value is -1.82. The summed E-state index contributed by atoms with van der Waals surface area (Å²) in [4.78, 5) is 11.8. The number of hydrogen-bond acceptors (Lipinski definition) is 3. The summed E-state index contributed by atoms with van der Waals surface area (Å²) in [6.45, 7) is 0.463. The van der Waals surface area contributed by atoms with Gasteiger partial charge in [-0.2, -0.15) is 0 Å². The molecule has 126 valence electrons. The van der Waals surface area contributed by atoms with Gasteiger partial charge in [0.15, 0.2) is 5.11 Å². The number of thiocarbonyl (C=S) groups is 1. The van der Waals surface area contributed by atoms with Crippen molar-refractivity contribution in [3.05, 3.63) is 58.6 Å². The van der Waals surface area contributed by atoms with Crippen LogP contribution in [0.4, 0.5) is 5.69 Å². The highest BCUT2D eigenvalue weighted by Gasteiger charge is 2.06. The third kappa shape index (κ3) is 6.35. The van der Waals surface area contributed by atoms with E-state index < -0.39 is 0 Å². The quantitative estimate of drug-likeness (QED) is 0.563. The van der Waals surface area contributed by atoms with E-state index in [4.69, 9.17) is 40.2 Å². The lowest BCUT2D eigenvalue weighted by Gasteiger charge is -2.10. The van der Waals surface area contributed by atoms with Gasteiger partial charge in [0, 0.05) is 12.1 Å². The Bertz CT molecular complexity index is 711. The molecule has 0 aliphatic rings. The first-order valence-electron chi connectivity index (χ1n) is 7.28. The highest BCUT2D eigenvalue weighted by molar-refractivity contribution is 7.80. The average molecular weight is 383 g/mol. The Balaban J connectivity index is 1.68. The minimum absolute atomic E-state index is 0.177. The minimum Gasteiger partial charge on any atom is -0.494 e. The van der Waals surface area contributed by atoms with Crippen molar-refractivity contribution in [2.75, 3.05) is 11.9 Å². The first-order valence-corrected chi connectivity index (χ1v) is 8.45. The number of carbonyl (C=O) groups excluding carboxylic acids is 1. The number of benzene rings is 2. The van der Waals surface area contributed by atoms with Crippen molar-refractivity contribution in [2.45, 2.75) is 12.8 Å². The van der Waals surface area contributed by atoms with Crippen LogP contribution in [0.5, 0.6) is 5.75 Å². The third-order valence-corrected chi connectivity index (χ3v) is 3.93. The van der Waals surface area contributed by atoms with E-state index in [0.29, 0.717) is 35.2 Å². The van der Waals surface area contributed by atoms with Crippen LogP contribution in [0.3, 0.4) is 0 Å². The van der Waals surface area contributed by atoms with Crippen LogP contribution in [-0.2, 0) is 4.79 Å². The minimum atomic E-state index is -0.177. The second kappa shape index (κ2) is 9.47. The molecule has 24 heavy (non-hydrogen) atoms. The van der Waals surface area contributed by atoms with Crippen LogP contribution < -0.4 is 15.4 Å². The lowest BCUT2D eigenvalue weighted by molar-refractivity contribution is -0.119. The van der Waals surface area contributed by atoms with Gasteiger partial charge in [-0.05, 0) is 49.0 Å². The average Bonchev–Trinajstić information content (AvgIpc) is 2.56. The maximum absolute atomic E-state index is 11.8. The van der Waals surface area contributed by atoms with E-state index in [2.05, 4.69) is 10.6 Å². The topological polar surface area (TPSA) is 50.4 Å². The molecule has 0 bridgehead atoms. The molecule has 0 aliphatic heterocycles. The molecule has 0 saturated carbocycles. The van der Waals surface area contributed by atoms with Crippen molar-refractivity contribution in [1.29, 1.82) is 0 Å². The fourth-order valence-electron chi connectivity index (χ4n) is 1.86. The molecule has 2 rings (SSSR count). The van der Waals surface area contributed by atoms with Crippen molar-refractivity contribution in [2.24, 2.45) is 0 Å². The highest BCUT2D eigenvalue weighted by atomic mass is 35.5. The van der Waals surface area contributed by atoms with Gasteiger partial charge in [-0.25, -0.2) is 0 Å². The number of hydrogen-bond donors (Lipinski definition) is 2. The maximum atomic E-state index is 11.8. The number of amides is 1. The zero-order valence-corrected chi connectivity index (χ0v) is 15.0. The number of para-hydroxylation sites is 1. The van der Waals surface area contributed by atoms with Gasteiger partial charge in [0.2, 0.25) is 5.91 Å². The molecule has 0 aliphatic carbocycles. The molecule has 0 saturated heterocycles. The zero-order chi connectivity index (χ0) is 17.4. The molecule has 0 fully saturated rings. The third-order valence-electron chi connectivity index (χ3n) is 2.99. The molecule has 0 spiro atoms. The Morgan fingerprint density at radius 1 is 1.08 bits per heavy atom. The Morgan fingerprint density at radius 2 is 1.83 bits per heavy atom. The van der Waals surface area contributed by atoms with Gasteiger partial charge in [0.1, 0.15) is 5.75 Å². The molecule has 4 nitrogen and oxygen atoms in total. The first-order chi connectivity index (χ1) is 11.5. The molecule has 0 aromatic heterocycles. The number of ether oxygens (including phenoxy) is 1. The predicted molar refractivity (Wildman–Crippen MR) is 102 cm³/mol. The van der Waals surface area contributed by atoms with Crippen LogP contribution in [-0.4, -0.2) is 17.6 Å². The van der Waals surface area contributed by atoms with E-state index in [1.54, 1.807) is 18.2 Å². The van der Waals surface area contributed by atoms with E-state index in [9.17, 15) is 4.79 Å². The monoisotopic (exact) mass is 382 g/mol. The van der Waals surface area contributed by atoms with Gasteiger partial charge >= 0.3 is 0 Å². The fourth-order valence-corrected chi connectivity index (χ4v) is 2.39.